The van der Waals surface area contributed by atoms with Gasteiger partial charge in [0.2, 0.25) is 0 Å². The van der Waals surface area contributed by atoms with Crippen molar-refractivity contribution in [2.45, 2.75) is 26.4 Å². The molecule has 0 spiro atoms. The molecule has 0 amide bonds. The lowest BCUT2D eigenvalue weighted by Gasteiger charge is -2.10. The van der Waals surface area contributed by atoms with E-state index in [1.807, 2.05) is 36.4 Å². The maximum absolute atomic E-state index is 5.72. The minimum absolute atomic E-state index is 0.535. The highest BCUT2D eigenvalue weighted by Gasteiger charge is 2.01. The Balaban J connectivity index is 1.36. The van der Waals surface area contributed by atoms with Crippen molar-refractivity contribution in [3.05, 3.63) is 70.8 Å². The maximum atomic E-state index is 5.72. The first kappa shape index (κ1) is 28.7. The highest BCUT2D eigenvalue weighted by Crippen LogP contribution is 2.09. The lowest BCUT2D eigenvalue weighted by molar-refractivity contribution is -0.00716. The quantitative estimate of drug-likeness (QED) is 0.540. The van der Waals surface area contributed by atoms with Gasteiger partial charge in [0.25, 0.3) is 0 Å². The molecular formula is C28H40O8. The summed E-state index contributed by atoms with van der Waals surface area (Å²) in [4.78, 5) is 0. The zero-order valence-electron chi connectivity index (χ0n) is 21.2. The molecule has 8 heteroatoms. The molecule has 3 rings (SSSR count). The highest BCUT2D eigenvalue weighted by molar-refractivity contribution is 5.23. The van der Waals surface area contributed by atoms with E-state index in [0.29, 0.717) is 106 Å². The molecule has 0 fully saturated rings. The predicted octanol–water partition coefficient (Wildman–Crippen LogP) is 3.53. The summed E-state index contributed by atoms with van der Waals surface area (Å²) in [6.07, 6.45) is 0. The van der Waals surface area contributed by atoms with E-state index in [0.717, 1.165) is 22.3 Å². The molecule has 1 heterocycles. The second-order valence-corrected chi connectivity index (χ2v) is 8.30. The largest absolute Gasteiger partial charge is 0.377 e. The van der Waals surface area contributed by atoms with Crippen LogP contribution in [0.2, 0.25) is 0 Å². The summed E-state index contributed by atoms with van der Waals surface area (Å²) in [6.45, 7) is 8.60. The molecule has 8 nitrogen and oxygen atoms in total. The summed E-state index contributed by atoms with van der Waals surface area (Å²) in [7, 11) is 0. The number of benzene rings is 2. The summed E-state index contributed by atoms with van der Waals surface area (Å²) in [5, 5.41) is 0. The summed E-state index contributed by atoms with van der Waals surface area (Å²) in [6, 6.07) is 16.4. The van der Waals surface area contributed by atoms with Crippen molar-refractivity contribution in [3.63, 3.8) is 0 Å². The Hall–Kier alpha value is -1.88. The van der Waals surface area contributed by atoms with E-state index in [2.05, 4.69) is 12.1 Å². The minimum Gasteiger partial charge on any atom is -0.377 e. The van der Waals surface area contributed by atoms with E-state index < -0.39 is 0 Å². The smallest absolute Gasteiger partial charge is 0.0718 e. The van der Waals surface area contributed by atoms with Gasteiger partial charge in [-0.2, -0.15) is 0 Å². The Morgan fingerprint density at radius 2 is 0.528 bits per heavy atom. The molecule has 4 bridgehead atoms. The monoisotopic (exact) mass is 504 g/mol. The molecule has 0 saturated carbocycles. The van der Waals surface area contributed by atoms with Gasteiger partial charge in [0, 0.05) is 0 Å². The number of ether oxygens (including phenoxy) is 8. The Kier molecular flexibility index (Phi) is 15.3. The van der Waals surface area contributed by atoms with Crippen molar-refractivity contribution >= 4 is 0 Å². The van der Waals surface area contributed by atoms with Gasteiger partial charge in [-0.1, -0.05) is 48.5 Å². The standard InChI is InChI=1S/C28H40O8/c1-3-25-19-26(4-1)22-34-16-12-30-8-10-32-14-18-36-24-28-6-2-5-27(20-28)23-35-17-13-31-9-7-29-11-15-33-21-25/h1-6,19-20H,7-18,21-24H2. The van der Waals surface area contributed by atoms with E-state index in [9.17, 15) is 0 Å². The third kappa shape index (κ3) is 13.4. The lowest BCUT2D eigenvalue weighted by Crippen LogP contribution is -2.12. The SMILES string of the molecule is c1cc2cc(c1)COCCOCCOCCOCc1cccc(c1)COCCOCCOCCOC2. The van der Waals surface area contributed by atoms with Crippen molar-refractivity contribution in [1.82, 2.24) is 0 Å². The summed E-state index contributed by atoms with van der Waals surface area (Å²) < 4.78 is 45.2. The number of fused-ring (bicyclic) bond motifs is 4. The van der Waals surface area contributed by atoms with Gasteiger partial charge in [0.05, 0.1) is 106 Å². The van der Waals surface area contributed by atoms with Gasteiger partial charge in [-0.15, -0.1) is 0 Å². The molecule has 0 saturated heterocycles. The Morgan fingerprint density at radius 1 is 0.306 bits per heavy atom. The molecule has 2 aromatic carbocycles. The zero-order chi connectivity index (χ0) is 24.9. The normalized spacial score (nSPS) is 19.8. The van der Waals surface area contributed by atoms with Gasteiger partial charge in [0.15, 0.2) is 0 Å². The van der Waals surface area contributed by atoms with Crippen LogP contribution in [0.25, 0.3) is 0 Å². The summed E-state index contributed by atoms with van der Waals surface area (Å²) >= 11 is 0. The molecule has 0 atom stereocenters. The van der Waals surface area contributed by atoms with Crippen LogP contribution in [0.5, 0.6) is 0 Å². The van der Waals surface area contributed by atoms with Gasteiger partial charge in [-0.05, 0) is 22.3 Å². The first-order valence-corrected chi connectivity index (χ1v) is 12.7. The van der Waals surface area contributed by atoms with Crippen molar-refractivity contribution < 1.29 is 37.9 Å². The van der Waals surface area contributed by atoms with E-state index in [4.69, 9.17) is 37.9 Å². The second-order valence-electron chi connectivity index (χ2n) is 8.30. The zero-order valence-corrected chi connectivity index (χ0v) is 21.2. The first-order valence-electron chi connectivity index (χ1n) is 12.7. The van der Waals surface area contributed by atoms with Crippen LogP contribution in [0, 0.1) is 0 Å². The van der Waals surface area contributed by atoms with Crippen LogP contribution >= 0.6 is 0 Å². The molecule has 0 N–H and O–H groups in total. The van der Waals surface area contributed by atoms with Crippen molar-refractivity contribution in [2.75, 3.05) is 79.3 Å². The maximum Gasteiger partial charge on any atom is 0.0718 e. The topological polar surface area (TPSA) is 73.8 Å². The Bertz CT molecular complexity index is 690. The molecule has 1 aliphatic rings. The molecule has 0 aromatic heterocycles. The second kappa shape index (κ2) is 19.3. The Labute approximate surface area is 214 Å². The summed E-state index contributed by atoms with van der Waals surface area (Å²) in [5.74, 6) is 0. The van der Waals surface area contributed by atoms with Crippen molar-refractivity contribution in [1.29, 1.82) is 0 Å². The van der Waals surface area contributed by atoms with Crippen LogP contribution in [0.4, 0.5) is 0 Å². The first-order chi connectivity index (χ1) is 17.9. The van der Waals surface area contributed by atoms with Gasteiger partial charge in [-0.25, -0.2) is 0 Å². The van der Waals surface area contributed by atoms with E-state index in [1.54, 1.807) is 0 Å². The molecule has 0 aliphatic carbocycles. The number of rotatable bonds is 0. The van der Waals surface area contributed by atoms with E-state index in [1.165, 1.54) is 0 Å². The lowest BCUT2D eigenvalue weighted by atomic mass is 10.1. The van der Waals surface area contributed by atoms with E-state index >= 15 is 0 Å². The fourth-order valence-electron chi connectivity index (χ4n) is 3.49. The van der Waals surface area contributed by atoms with Crippen molar-refractivity contribution in [3.8, 4) is 0 Å². The van der Waals surface area contributed by atoms with Crippen LogP contribution in [-0.4, -0.2) is 79.3 Å². The third-order valence-electron chi connectivity index (χ3n) is 5.29. The van der Waals surface area contributed by atoms with Crippen LogP contribution in [-0.2, 0) is 64.3 Å². The number of hydrogen-bond donors (Lipinski definition) is 0. The fraction of sp³-hybridized carbons (Fsp3) is 0.571. The number of hydrogen-bond acceptors (Lipinski definition) is 8. The van der Waals surface area contributed by atoms with Gasteiger partial charge >= 0.3 is 0 Å². The minimum atomic E-state index is 0.535. The van der Waals surface area contributed by atoms with Gasteiger partial charge < -0.3 is 37.9 Å². The van der Waals surface area contributed by atoms with Crippen molar-refractivity contribution in [2.24, 2.45) is 0 Å². The molecule has 1 aliphatic heterocycles. The predicted molar refractivity (Wildman–Crippen MR) is 135 cm³/mol. The van der Waals surface area contributed by atoms with Crippen LogP contribution < -0.4 is 0 Å². The van der Waals surface area contributed by atoms with Crippen LogP contribution in [0.15, 0.2) is 48.5 Å². The fourth-order valence-corrected chi connectivity index (χ4v) is 3.49. The van der Waals surface area contributed by atoms with E-state index in [-0.39, 0.29) is 0 Å². The molecular weight excluding hydrogens is 464 g/mol. The van der Waals surface area contributed by atoms with Crippen LogP contribution in [0.1, 0.15) is 22.3 Å². The average Bonchev–Trinajstić information content (AvgIpc) is 2.90. The third-order valence-corrected chi connectivity index (χ3v) is 5.29. The van der Waals surface area contributed by atoms with Crippen LogP contribution in [0.3, 0.4) is 0 Å². The molecule has 0 radical (unpaired) electrons. The molecule has 2 aromatic rings. The average molecular weight is 505 g/mol. The summed E-state index contributed by atoms with van der Waals surface area (Å²) in [5.41, 5.74) is 4.46. The highest BCUT2D eigenvalue weighted by atomic mass is 16.6. The molecule has 36 heavy (non-hydrogen) atoms. The van der Waals surface area contributed by atoms with Gasteiger partial charge in [-0.3, -0.25) is 0 Å². The molecule has 0 unspecified atom stereocenters. The Morgan fingerprint density at radius 3 is 0.778 bits per heavy atom. The van der Waals surface area contributed by atoms with Gasteiger partial charge in [0.1, 0.15) is 0 Å². The molecule has 200 valence electrons.